The first-order valence-corrected chi connectivity index (χ1v) is 9.60. The maximum absolute atomic E-state index is 12.8. The average molecular weight is 416 g/mol. The van der Waals surface area contributed by atoms with Crippen molar-refractivity contribution in [3.8, 4) is 5.75 Å². The number of anilines is 1. The van der Waals surface area contributed by atoms with E-state index in [0.717, 1.165) is 5.56 Å². The summed E-state index contributed by atoms with van der Waals surface area (Å²) in [7, 11) is 1.56. The Labute approximate surface area is 177 Å². The fraction of sp³-hybridized carbons (Fsp3) is 0.130. The number of nitrogens with zero attached hydrogens (tertiary/aromatic N) is 2. The van der Waals surface area contributed by atoms with Gasteiger partial charge in [0.1, 0.15) is 11.4 Å². The number of rotatable bonds is 5. The molecule has 8 heteroatoms. The molecular formula is C23H20N4O4. The molecule has 0 spiro atoms. The van der Waals surface area contributed by atoms with Crippen LogP contribution in [0.3, 0.4) is 0 Å². The van der Waals surface area contributed by atoms with Gasteiger partial charge in [-0.3, -0.25) is 19.1 Å². The number of aryl methyl sites for hydroxylation is 1. The summed E-state index contributed by atoms with van der Waals surface area (Å²) in [6.45, 7) is 1.91. The summed E-state index contributed by atoms with van der Waals surface area (Å²) >= 11 is 0. The van der Waals surface area contributed by atoms with Gasteiger partial charge in [-0.25, -0.2) is 9.78 Å². The standard InChI is InChI=1S/C23H20N4O4/c1-14-18(21(28)25-16-8-10-17(31-2)11-9-16)12-19-20(24-14)27(23(30)26-22(19)29)13-15-6-4-3-5-7-15/h3-12H,13H2,1-2H3,(H,25,28)(H,26,29,30). The van der Waals surface area contributed by atoms with Gasteiger partial charge in [0.15, 0.2) is 0 Å². The Morgan fingerprint density at radius 1 is 1.10 bits per heavy atom. The van der Waals surface area contributed by atoms with Gasteiger partial charge in [-0.05, 0) is 42.8 Å². The lowest BCUT2D eigenvalue weighted by Crippen LogP contribution is -2.32. The number of H-pyrrole nitrogens is 1. The minimum atomic E-state index is -0.588. The lowest BCUT2D eigenvalue weighted by atomic mass is 10.1. The molecular weight excluding hydrogens is 396 g/mol. The van der Waals surface area contributed by atoms with Crippen LogP contribution in [0.5, 0.6) is 5.75 Å². The molecule has 0 saturated heterocycles. The average Bonchev–Trinajstić information content (AvgIpc) is 2.77. The highest BCUT2D eigenvalue weighted by Gasteiger charge is 2.17. The number of carbonyl (C=O) groups excluding carboxylic acids is 1. The van der Waals surface area contributed by atoms with Crippen molar-refractivity contribution in [2.75, 3.05) is 12.4 Å². The van der Waals surface area contributed by atoms with Crippen molar-refractivity contribution >= 4 is 22.6 Å². The van der Waals surface area contributed by atoms with E-state index in [-0.39, 0.29) is 23.1 Å². The number of benzene rings is 2. The second kappa shape index (κ2) is 8.27. The first kappa shape index (κ1) is 20.1. The summed E-state index contributed by atoms with van der Waals surface area (Å²) in [5.41, 5.74) is 1.21. The molecule has 2 N–H and O–H groups in total. The topological polar surface area (TPSA) is 106 Å². The van der Waals surface area contributed by atoms with Crippen LogP contribution in [0.1, 0.15) is 21.6 Å². The maximum atomic E-state index is 12.8. The molecule has 0 aliphatic carbocycles. The van der Waals surface area contributed by atoms with Gasteiger partial charge in [-0.2, -0.15) is 0 Å². The molecule has 1 amide bonds. The SMILES string of the molecule is COc1ccc(NC(=O)c2cc3c(=O)[nH]c(=O)n(Cc4ccccc4)c3nc2C)cc1. The van der Waals surface area contributed by atoms with Gasteiger partial charge in [0.2, 0.25) is 0 Å². The molecule has 2 aromatic heterocycles. The van der Waals surface area contributed by atoms with Crippen LogP contribution in [0.15, 0.2) is 70.3 Å². The molecule has 2 aromatic carbocycles. The number of amides is 1. The van der Waals surface area contributed by atoms with Crippen LogP contribution < -0.4 is 21.3 Å². The zero-order valence-corrected chi connectivity index (χ0v) is 17.0. The second-order valence-electron chi connectivity index (χ2n) is 7.01. The van der Waals surface area contributed by atoms with Crippen LogP contribution in [0.25, 0.3) is 11.0 Å². The van der Waals surface area contributed by atoms with Gasteiger partial charge >= 0.3 is 5.69 Å². The number of ether oxygens (including phenoxy) is 1. The number of pyridine rings is 1. The number of nitrogens with one attached hydrogen (secondary N) is 2. The van der Waals surface area contributed by atoms with Crippen LogP contribution in [0.4, 0.5) is 5.69 Å². The zero-order valence-electron chi connectivity index (χ0n) is 17.0. The highest BCUT2D eigenvalue weighted by Crippen LogP contribution is 2.18. The third-order valence-electron chi connectivity index (χ3n) is 4.93. The van der Waals surface area contributed by atoms with E-state index in [1.165, 1.54) is 10.6 Å². The summed E-state index contributed by atoms with van der Waals surface area (Å²) in [4.78, 5) is 44.5. The monoisotopic (exact) mass is 416 g/mol. The summed E-state index contributed by atoms with van der Waals surface area (Å²) in [5.74, 6) is 0.266. The second-order valence-corrected chi connectivity index (χ2v) is 7.01. The fourth-order valence-corrected chi connectivity index (χ4v) is 3.31. The Hall–Kier alpha value is -4.20. The van der Waals surface area contributed by atoms with Crippen molar-refractivity contribution in [2.24, 2.45) is 0 Å². The van der Waals surface area contributed by atoms with Crippen LogP contribution in [-0.2, 0) is 6.54 Å². The highest BCUT2D eigenvalue weighted by molar-refractivity contribution is 6.06. The van der Waals surface area contributed by atoms with Crippen molar-refractivity contribution in [1.82, 2.24) is 14.5 Å². The van der Waals surface area contributed by atoms with E-state index in [4.69, 9.17) is 4.74 Å². The number of aromatic amines is 1. The van der Waals surface area contributed by atoms with E-state index in [0.29, 0.717) is 17.1 Å². The Kier molecular flexibility index (Phi) is 5.36. The van der Waals surface area contributed by atoms with Crippen molar-refractivity contribution < 1.29 is 9.53 Å². The lowest BCUT2D eigenvalue weighted by Gasteiger charge is -2.12. The van der Waals surface area contributed by atoms with E-state index < -0.39 is 17.2 Å². The first-order chi connectivity index (χ1) is 15.0. The van der Waals surface area contributed by atoms with Gasteiger partial charge in [0.05, 0.1) is 30.3 Å². The largest absolute Gasteiger partial charge is 0.497 e. The Morgan fingerprint density at radius 3 is 2.48 bits per heavy atom. The summed E-state index contributed by atoms with van der Waals surface area (Å²) in [5, 5.41) is 2.95. The zero-order chi connectivity index (χ0) is 22.0. The van der Waals surface area contributed by atoms with E-state index in [2.05, 4.69) is 15.3 Å². The molecule has 4 aromatic rings. The van der Waals surface area contributed by atoms with E-state index in [1.807, 2.05) is 30.3 Å². The Balaban J connectivity index is 1.74. The van der Waals surface area contributed by atoms with Crippen molar-refractivity contribution in [2.45, 2.75) is 13.5 Å². The van der Waals surface area contributed by atoms with Gasteiger partial charge in [-0.1, -0.05) is 30.3 Å². The number of methoxy groups -OCH3 is 1. The molecule has 156 valence electrons. The fourth-order valence-electron chi connectivity index (χ4n) is 3.31. The lowest BCUT2D eigenvalue weighted by molar-refractivity contribution is 0.102. The number of hydrogen-bond donors (Lipinski definition) is 2. The van der Waals surface area contributed by atoms with Crippen LogP contribution >= 0.6 is 0 Å². The molecule has 0 unspecified atom stereocenters. The van der Waals surface area contributed by atoms with Crippen molar-refractivity contribution in [1.29, 1.82) is 0 Å². The molecule has 0 radical (unpaired) electrons. The molecule has 8 nitrogen and oxygen atoms in total. The minimum absolute atomic E-state index is 0.168. The number of fused-ring (bicyclic) bond motifs is 1. The van der Waals surface area contributed by atoms with Crippen molar-refractivity contribution in [3.05, 3.63) is 98.3 Å². The number of carbonyl (C=O) groups is 1. The number of aromatic nitrogens is 3. The molecule has 0 aliphatic rings. The van der Waals surface area contributed by atoms with Gasteiger partial charge in [-0.15, -0.1) is 0 Å². The van der Waals surface area contributed by atoms with E-state index >= 15 is 0 Å². The van der Waals surface area contributed by atoms with Gasteiger partial charge < -0.3 is 10.1 Å². The quantitative estimate of drug-likeness (QED) is 0.520. The van der Waals surface area contributed by atoms with E-state index in [1.54, 1.807) is 38.3 Å². The first-order valence-electron chi connectivity index (χ1n) is 9.60. The Morgan fingerprint density at radius 2 is 1.81 bits per heavy atom. The number of hydrogen-bond acceptors (Lipinski definition) is 5. The Bertz CT molecular complexity index is 1370. The van der Waals surface area contributed by atoms with Crippen LogP contribution in [0.2, 0.25) is 0 Å². The third kappa shape index (κ3) is 4.09. The normalized spacial score (nSPS) is 10.8. The van der Waals surface area contributed by atoms with E-state index in [9.17, 15) is 14.4 Å². The van der Waals surface area contributed by atoms with Crippen molar-refractivity contribution in [3.63, 3.8) is 0 Å². The smallest absolute Gasteiger partial charge is 0.330 e. The molecule has 0 fully saturated rings. The summed E-state index contributed by atoms with van der Waals surface area (Å²) in [6.07, 6.45) is 0. The molecule has 0 aliphatic heterocycles. The summed E-state index contributed by atoms with van der Waals surface area (Å²) < 4.78 is 6.51. The molecule has 0 saturated carbocycles. The summed E-state index contributed by atoms with van der Waals surface area (Å²) in [6, 6.07) is 17.7. The minimum Gasteiger partial charge on any atom is -0.497 e. The third-order valence-corrected chi connectivity index (χ3v) is 4.93. The van der Waals surface area contributed by atoms with Gasteiger partial charge in [0.25, 0.3) is 11.5 Å². The molecule has 0 atom stereocenters. The molecule has 0 bridgehead atoms. The predicted molar refractivity (Wildman–Crippen MR) is 118 cm³/mol. The molecule has 2 heterocycles. The van der Waals surface area contributed by atoms with Gasteiger partial charge in [0, 0.05) is 5.69 Å². The molecule has 31 heavy (non-hydrogen) atoms. The maximum Gasteiger partial charge on any atom is 0.330 e. The van der Waals surface area contributed by atoms with Crippen LogP contribution in [0, 0.1) is 6.92 Å². The molecule has 4 rings (SSSR count). The predicted octanol–water partition coefficient (Wildman–Crippen LogP) is 2.70. The highest BCUT2D eigenvalue weighted by atomic mass is 16.5. The van der Waals surface area contributed by atoms with Crippen LogP contribution in [-0.4, -0.2) is 27.6 Å².